The third-order valence-electron chi connectivity index (χ3n) is 8.08. The van der Waals surface area contributed by atoms with E-state index in [0.29, 0.717) is 0 Å². The van der Waals surface area contributed by atoms with Crippen molar-refractivity contribution in [2.24, 2.45) is 0 Å². The zero-order chi connectivity index (χ0) is 27.9. The summed E-state index contributed by atoms with van der Waals surface area (Å²) in [6.45, 7) is 0. The van der Waals surface area contributed by atoms with Gasteiger partial charge in [-0.2, -0.15) is 0 Å². The molecule has 2 nitrogen and oxygen atoms in total. The second kappa shape index (κ2) is 10.1. The average Bonchev–Trinajstić information content (AvgIpc) is 3.07. The zero-order valence-corrected chi connectivity index (χ0v) is 22.9. The summed E-state index contributed by atoms with van der Waals surface area (Å²) >= 11 is 0. The molecule has 0 aromatic heterocycles. The fourth-order valence-electron chi connectivity index (χ4n) is 6.08. The van der Waals surface area contributed by atoms with E-state index in [1.165, 1.54) is 38.6 Å². The second-order valence-corrected chi connectivity index (χ2v) is 10.6. The van der Waals surface area contributed by atoms with Gasteiger partial charge in [0.05, 0.1) is 0 Å². The molecule has 7 aromatic carbocycles. The Kier molecular flexibility index (Phi) is 5.82. The average molecular weight is 538 g/mol. The minimum absolute atomic E-state index is 0.910. The van der Waals surface area contributed by atoms with Crippen LogP contribution in [0.1, 0.15) is 0 Å². The van der Waals surface area contributed by atoms with Crippen molar-refractivity contribution in [2.75, 3.05) is 4.90 Å². The summed E-state index contributed by atoms with van der Waals surface area (Å²) in [6, 6.07) is 57.9. The van der Waals surface area contributed by atoms with E-state index in [0.717, 1.165) is 34.1 Å². The molecular weight excluding hydrogens is 510 g/mol. The van der Waals surface area contributed by atoms with Crippen molar-refractivity contribution in [3.8, 4) is 44.9 Å². The predicted molar refractivity (Wildman–Crippen MR) is 175 cm³/mol. The van der Waals surface area contributed by atoms with Gasteiger partial charge in [0.15, 0.2) is 0 Å². The lowest BCUT2D eigenvalue weighted by Gasteiger charge is -2.26. The normalized spacial score (nSPS) is 11.5. The minimum atomic E-state index is 0.910. The topological polar surface area (TPSA) is 12.5 Å². The first-order valence-electron chi connectivity index (χ1n) is 14.3. The summed E-state index contributed by atoms with van der Waals surface area (Å²) in [7, 11) is 0. The van der Waals surface area contributed by atoms with Gasteiger partial charge in [0, 0.05) is 28.0 Å². The highest BCUT2D eigenvalue weighted by atomic mass is 16.5. The summed E-state index contributed by atoms with van der Waals surface area (Å²) in [5.74, 6) is 1.82. The van der Waals surface area contributed by atoms with Gasteiger partial charge in [0.25, 0.3) is 0 Å². The van der Waals surface area contributed by atoms with Crippen LogP contribution in [0.15, 0.2) is 164 Å². The molecule has 0 fully saturated rings. The number of hydrogen-bond acceptors (Lipinski definition) is 2. The number of rotatable bonds is 5. The van der Waals surface area contributed by atoms with Crippen LogP contribution in [-0.4, -0.2) is 0 Å². The lowest BCUT2D eigenvalue weighted by atomic mass is 9.90. The number of nitrogens with zero attached hydrogens (tertiary/aromatic N) is 1. The highest BCUT2D eigenvalue weighted by molar-refractivity contribution is 6.10. The molecule has 1 aliphatic heterocycles. The number of benzene rings is 7. The smallest absolute Gasteiger partial charge is 0.135 e. The standard InChI is InChI=1S/C40H27NO/c1-3-10-28(11-4-1)29-18-22-32(23-19-29)41(31-12-5-2-6-13-31)33-24-20-30(21-25-33)34-26-27-37-35-14-7-8-16-38(35)42-39-17-9-15-36(34)40(37)39/h1-27H. The van der Waals surface area contributed by atoms with Crippen LogP contribution in [0.2, 0.25) is 0 Å². The van der Waals surface area contributed by atoms with E-state index in [-0.39, 0.29) is 0 Å². The van der Waals surface area contributed by atoms with E-state index in [9.17, 15) is 0 Å². The monoisotopic (exact) mass is 537 g/mol. The van der Waals surface area contributed by atoms with E-state index >= 15 is 0 Å². The van der Waals surface area contributed by atoms with Gasteiger partial charge in [-0.3, -0.25) is 0 Å². The van der Waals surface area contributed by atoms with Crippen molar-refractivity contribution in [1.29, 1.82) is 0 Å². The van der Waals surface area contributed by atoms with Crippen LogP contribution >= 0.6 is 0 Å². The van der Waals surface area contributed by atoms with Crippen molar-refractivity contribution in [3.63, 3.8) is 0 Å². The number of hydrogen-bond donors (Lipinski definition) is 0. The first kappa shape index (κ1) is 24.2. The SMILES string of the molecule is c1ccc(-c2ccc(N(c3ccccc3)c3ccc(-c4ccc5c6c(cccc46)Oc4ccccc4-5)cc3)cc2)cc1. The summed E-state index contributed by atoms with van der Waals surface area (Å²) < 4.78 is 6.32. The molecule has 8 rings (SSSR count). The first-order chi connectivity index (χ1) is 20.8. The molecule has 42 heavy (non-hydrogen) atoms. The molecule has 0 N–H and O–H groups in total. The fourth-order valence-corrected chi connectivity index (χ4v) is 6.08. The Labute approximate surface area is 245 Å². The predicted octanol–water partition coefficient (Wildman–Crippen LogP) is 11.4. The van der Waals surface area contributed by atoms with Gasteiger partial charge in [-0.25, -0.2) is 0 Å². The Morgan fingerprint density at radius 1 is 0.333 bits per heavy atom. The lowest BCUT2D eigenvalue weighted by molar-refractivity contribution is 0.487. The molecule has 0 spiro atoms. The maximum Gasteiger partial charge on any atom is 0.135 e. The van der Waals surface area contributed by atoms with Gasteiger partial charge in [-0.05, 0) is 81.7 Å². The third-order valence-corrected chi connectivity index (χ3v) is 8.08. The third kappa shape index (κ3) is 4.13. The minimum Gasteiger partial charge on any atom is -0.456 e. The quantitative estimate of drug-likeness (QED) is 0.216. The molecule has 0 radical (unpaired) electrons. The summed E-state index contributed by atoms with van der Waals surface area (Å²) in [4.78, 5) is 2.31. The van der Waals surface area contributed by atoms with Crippen molar-refractivity contribution >= 4 is 27.8 Å². The van der Waals surface area contributed by atoms with Crippen LogP contribution in [0.3, 0.4) is 0 Å². The van der Waals surface area contributed by atoms with Crippen LogP contribution in [0.5, 0.6) is 11.5 Å². The van der Waals surface area contributed by atoms with Crippen LogP contribution < -0.4 is 9.64 Å². The molecule has 2 heteroatoms. The van der Waals surface area contributed by atoms with E-state index in [1.807, 2.05) is 12.1 Å². The molecular formula is C40H27NO. The van der Waals surface area contributed by atoms with Gasteiger partial charge in [-0.15, -0.1) is 0 Å². The van der Waals surface area contributed by atoms with Gasteiger partial charge >= 0.3 is 0 Å². The van der Waals surface area contributed by atoms with Crippen LogP contribution in [-0.2, 0) is 0 Å². The summed E-state index contributed by atoms with van der Waals surface area (Å²) in [5.41, 5.74) is 10.5. The maximum absolute atomic E-state index is 6.32. The van der Waals surface area contributed by atoms with E-state index < -0.39 is 0 Å². The Morgan fingerprint density at radius 2 is 0.881 bits per heavy atom. The lowest BCUT2D eigenvalue weighted by Crippen LogP contribution is -2.09. The Hall–Kier alpha value is -5.60. The molecule has 198 valence electrons. The van der Waals surface area contributed by atoms with Crippen molar-refractivity contribution < 1.29 is 4.74 Å². The number of anilines is 3. The molecule has 0 aliphatic carbocycles. The molecule has 0 saturated heterocycles. The largest absolute Gasteiger partial charge is 0.456 e. The Morgan fingerprint density at radius 3 is 1.62 bits per heavy atom. The molecule has 0 atom stereocenters. The van der Waals surface area contributed by atoms with Gasteiger partial charge in [-0.1, -0.05) is 115 Å². The van der Waals surface area contributed by atoms with Gasteiger partial charge in [0.1, 0.15) is 11.5 Å². The van der Waals surface area contributed by atoms with Gasteiger partial charge < -0.3 is 9.64 Å². The maximum atomic E-state index is 6.32. The number of para-hydroxylation sites is 2. The van der Waals surface area contributed by atoms with Crippen LogP contribution in [0.4, 0.5) is 17.1 Å². The Bertz CT molecular complexity index is 2030. The molecule has 7 aromatic rings. The second-order valence-electron chi connectivity index (χ2n) is 10.6. The first-order valence-corrected chi connectivity index (χ1v) is 14.3. The van der Waals surface area contributed by atoms with E-state index in [1.54, 1.807) is 0 Å². The molecule has 0 unspecified atom stereocenters. The van der Waals surface area contributed by atoms with Crippen molar-refractivity contribution in [3.05, 3.63) is 164 Å². The van der Waals surface area contributed by atoms with Crippen LogP contribution in [0.25, 0.3) is 44.2 Å². The van der Waals surface area contributed by atoms with E-state index in [4.69, 9.17) is 4.74 Å². The van der Waals surface area contributed by atoms with Crippen LogP contribution in [0, 0.1) is 0 Å². The Balaban J connectivity index is 1.19. The van der Waals surface area contributed by atoms with Crippen molar-refractivity contribution in [2.45, 2.75) is 0 Å². The summed E-state index contributed by atoms with van der Waals surface area (Å²) in [5, 5.41) is 2.37. The van der Waals surface area contributed by atoms with E-state index in [2.05, 4.69) is 157 Å². The molecule has 0 saturated carbocycles. The van der Waals surface area contributed by atoms with Gasteiger partial charge in [0.2, 0.25) is 0 Å². The zero-order valence-electron chi connectivity index (χ0n) is 22.9. The number of ether oxygens (including phenoxy) is 1. The molecule has 0 amide bonds. The fraction of sp³-hybridized carbons (Fsp3) is 0. The summed E-state index contributed by atoms with van der Waals surface area (Å²) in [6.07, 6.45) is 0. The van der Waals surface area contributed by atoms with Crippen molar-refractivity contribution in [1.82, 2.24) is 0 Å². The highest BCUT2D eigenvalue weighted by Gasteiger charge is 2.21. The molecule has 0 bridgehead atoms. The highest BCUT2D eigenvalue weighted by Crippen LogP contribution is 2.48. The molecule has 1 aliphatic rings. The molecule has 1 heterocycles. The number of fused-ring (bicyclic) bond motifs is 2.